The standard InChI is InChI=1S/C51H40N3OP/c1-51(2)45-27-16-15-26-44(45)50-46(51)28-17-29-48(50)52(39-32-30-38(31-33-39)37-18-7-3-8-19-37)42-34-35-47-49(36-42)54(41-22-11-5-12-23-41)56(55,43-24-13-6-14-25-43)53(47)40-20-9-4-10-21-40/h3-36H,1-2H3. The van der Waals surface area contributed by atoms with Gasteiger partial charge in [0, 0.05) is 33.7 Å². The first-order valence-electron chi connectivity index (χ1n) is 19.1. The maximum absolute atomic E-state index is 16.3. The molecule has 56 heavy (non-hydrogen) atoms. The lowest BCUT2D eigenvalue weighted by molar-refractivity contribution is 0.582. The van der Waals surface area contributed by atoms with Gasteiger partial charge >= 0.3 is 7.44 Å². The van der Waals surface area contributed by atoms with E-state index in [9.17, 15) is 0 Å². The van der Waals surface area contributed by atoms with Gasteiger partial charge in [0.15, 0.2) is 0 Å². The third-order valence-electron chi connectivity index (χ3n) is 11.4. The van der Waals surface area contributed by atoms with Crippen molar-refractivity contribution < 1.29 is 4.57 Å². The molecule has 10 rings (SSSR count). The van der Waals surface area contributed by atoms with Crippen molar-refractivity contribution in [1.82, 2.24) is 0 Å². The Morgan fingerprint density at radius 3 is 1.64 bits per heavy atom. The van der Waals surface area contributed by atoms with Crippen LogP contribution >= 0.6 is 7.44 Å². The predicted octanol–water partition coefficient (Wildman–Crippen LogP) is 13.9. The van der Waals surface area contributed by atoms with Crippen LogP contribution < -0.4 is 19.5 Å². The van der Waals surface area contributed by atoms with Gasteiger partial charge in [-0.2, -0.15) is 0 Å². The highest BCUT2D eigenvalue weighted by Gasteiger charge is 2.49. The molecule has 0 radical (unpaired) electrons. The molecule has 0 saturated carbocycles. The zero-order valence-electron chi connectivity index (χ0n) is 31.3. The maximum atomic E-state index is 16.3. The molecular weight excluding hydrogens is 702 g/mol. The van der Waals surface area contributed by atoms with Crippen LogP contribution in [0.4, 0.5) is 39.8 Å². The first-order chi connectivity index (χ1) is 27.4. The summed E-state index contributed by atoms with van der Waals surface area (Å²) in [6.07, 6.45) is 0. The number of para-hydroxylation sites is 2. The number of nitrogens with zero attached hydrogens (tertiary/aromatic N) is 3. The van der Waals surface area contributed by atoms with Crippen LogP contribution in [0.5, 0.6) is 0 Å². The van der Waals surface area contributed by atoms with Gasteiger partial charge in [-0.15, -0.1) is 0 Å². The van der Waals surface area contributed by atoms with Crippen LogP contribution in [-0.2, 0) is 9.98 Å². The zero-order valence-corrected chi connectivity index (χ0v) is 32.2. The van der Waals surface area contributed by atoms with E-state index >= 15 is 4.57 Å². The third kappa shape index (κ3) is 5.25. The van der Waals surface area contributed by atoms with Crippen molar-refractivity contribution in [3.63, 3.8) is 0 Å². The molecule has 0 aromatic heterocycles. The summed E-state index contributed by atoms with van der Waals surface area (Å²) in [7, 11) is -3.53. The average Bonchev–Trinajstić information content (AvgIpc) is 3.67. The van der Waals surface area contributed by atoms with Crippen molar-refractivity contribution in [1.29, 1.82) is 0 Å². The van der Waals surface area contributed by atoms with E-state index in [1.54, 1.807) is 0 Å². The minimum Gasteiger partial charge on any atom is -0.310 e. The molecule has 270 valence electrons. The van der Waals surface area contributed by atoms with Crippen LogP contribution in [0.2, 0.25) is 0 Å². The number of benzene rings is 8. The minimum atomic E-state index is -3.53. The van der Waals surface area contributed by atoms with Crippen molar-refractivity contribution in [3.8, 4) is 22.3 Å². The van der Waals surface area contributed by atoms with Crippen LogP contribution in [-0.4, -0.2) is 0 Å². The molecule has 2 aliphatic rings. The molecule has 0 N–H and O–H groups in total. The Bertz CT molecular complexity index is 2750. The van der Waals surface area contributed by atoms with Crippen molar-refractivity contribution in [3.05, 3.63) is 217 Å². The summed E-state index contributed by atoms with van der Waals surface area (Å²) in [6, 6.07) is 71.7. The number of fused-ring (bicyclic) bond motifs is 4. The van der Waals surface area contributed by atoms with Gasteiger partial charge in [0.1, 0.15) is 0 Å². The fourth-order valence-corrected chi connectivity index (χ4v) is 11.8. The molecule has 8 aromatic rings. The summed E-state index contributed by atoms with van der Waals surface area (Å²) in [5.74, 6) is 0. The van der Waals surface area contributed by atoms with Crippen LogP contribution in [0.1, 0.15) is 25.0 Å². The largest absolute Gasteiger partial charge is 0.310 e. The molecule has 0 spiro atoms. The van der Waals surface area contributed by atoms with Crippen molar-refractivity contribution >= 4 is 52.6 Å². The fourth-order valence-electron chi connectivity index (χ4n) is 8.75. The Hall–Kier alpha value is -6.61. The third-order valence-corrected chi connectivity index (χ3v) is 14.3. The normalized spacial score (nSPS) is 16.2. The Morgan fingerprint density at radius 1 is 0.464 bits per heavy atom. The lowest BCUT2D eigenvalue weighted by Gasteiger charge is -2.33. The molecule has 1 heterocycles. The molecule has 1 atom stereocenters. The lowest BCUT2D eigenvalue weighted by Crippen LogP contribution is -2.26. The lowest BCUT2D eigenvalue weighted by atomic mass is 9.82. The molecule has 1 unspecified atom stereocenters. The quantitative estimate of drug-likeness (QED) is 0.152. The van der Waals surface area contributed by atoms with E-state index in [1.165, 1.54) is 27.8 Å². The van der Waals surface area contributed by atoms with Gasteiger partial charge in [0.05, 0.1) is 22.4 Å². The van der Waals surface area contributed by atoms with Crippen molar-refractivity contribution in [2.45, 2.75) is 19.3 Å². The van der Waals surface area contributed by atoms with Crippen molar-refractivity contribution in [2.24, 2.45) is 0 Å². The van der Waals surface area contributed by atoms with Gasteiger partial charge in [0.2, 0.25) is 0 Å². The van der Waals surface area contributed by atoms with Crippen LogP contribution in [0, 0.1) is 0 Å². The van der Waals surface area contributed by atoms with E-state index in [1.807, 2.05) is 66.7 Å². The first kappa shape index (κ1) is 33.9. The SMILES string of the molecule is CC1(C)c2ccccc2-c2c(N(c3ccc(-c4ccccc4)cc3)c3ccc4c(c3)N(c3ccccc3)P(=O)(c3ccccc3)N4c3ccccc3)cccc21. The van der Waals surface area contributed by atoms with Crippen LogP contribution in [0.25, 0.3) is 22.3 Å². The van der Waals surface area contributed by atoms with Gasteiger partial charge in [0.25, 0.3) is 0 Å². The molecule has 5 heteroatoms. The molecule has 0 bridgehead atoms. The second kappa shape index (κ2) is 13.3. The summed E-state index contributed by atoms with van der Waals surface area (Å²) in [6.45, 7) is 4.65. The highest BCUT2D eigenvalue weighted by molar-refractivity contribution is 7.76. The Balaban J connectivity index is 1.23. The molecule has 8 aromatic carbocycles. The number of anilines is 7. The summed E-state index contributed by atoms with van der Waals surface area (Å²) >= 11 is 0. The highest BCUT2D eigenvalue weighted by atomic mass is 31.2. The van der Waals surface area contributed by atoms with E-state index in [0.717, 1.165) is 50.7 Å². The maximum Gasteiger partial charge on any atom is 0.301 e. The Kier molecular flexibility index (Phi) is 8.06. The summed E-state index contributed by atoms with van der Waals surface area (Å²) in [5.41, 5.74) is 13.9. The van der Waals surface area contributed by atoms with E-state index in [4.69, 9.17) is 0 Å². The molecule has 4 nitrogen and oxygen atoms in total. The number of rotatable bonds is 7. The minimum absolute atomic E-state index is 0.161. The van der Waals surface area contributed by atoms with Crippen LogP contribution in [0.3, 0.4) is 0 Å². The topological polar surface area (TPSA) is 26.8 Å². The fraction of sp³-hybridized carbons (Fsp3) is 0.0588. The van der Waals surface area contributed by atoms with E-state index < -0.39 is 7.44 Å². The summed E-state index contributed by atoms with van der Waals surface area (Å²) in [4.78, 5) is 2.38. The van der Waals surface area contributed by atoms with Crippen LogP contribution in [0.15, 0.2) is 206 Å². The monoisotopic (exact) mass is 741 g/mol. The Morgan fingerprint density at radius 2 is 0.982 bits per heavy atom. The first-order valence-corrected chi connectivity index (χ1v) is 20.8. The molecule has 1 aliphatic carbocycles. The van der Waals surface area contributed by atoms with Gasteiger partial charge in [-0.1, -0.05) is 147 Å². The summed E-state index contributed by atoms with van der Waals surface area (Å²) in [5, 5.41) is 0.763. The molecule has 0 amide bonds. The molecule has 0 saturated heterocycles. The molecule has 1 aliphatic heterocycles. The van der Waals surface area contributed by atoms with Gasteiger partial charge < -0.3 is 4.90 Å². The van der Waals surface area contributed by atoms with Gasteiger partial charge in [-0.25, -0.2) is 0 Å². The summed E-state index contributed by atoms with van der Waals surface area (Å²) < 4.78 is 20.5. The predicted molar refractivity (Wildman–Crippen MR) is 235 cm³/mol. The van der Waals surface area contributed by atoms with E-state index in [2.05, 4.69) is 168 Å². The second-order valence-corrected chi connectivity index (χ2v) is 17.4. The van der Waals surface area contributed by atoms with Gasteiger partial charge in [-0.3, -0.25) is 13.9 Å². The smallest absolute Gasteiger partial charge is 0.301 e. The second-order valence-electron chi connectivity index (χ2n) is 15.0. The van der Waals surface area contributed by atoms with E-state index in [0.29, 0.717) is 0 Å². The molecular formula is C51H40N3OP. The zero-order chi connectivity index (χ0) is 37.9. The average molecular weight is 742 g/mol. The van der Waals surface area contributed by atoms with Crippen molar-refractivity contribution in [2.75, 3.05) is 14.2 Å². The van der Waals surface area contributed by atoms with E-state index in [-0.39, 0.29) is 5.41 Å². The number of hydrogen-bond acceptors (Lipinski definition) is 2. The number of hydrogen-bond donors (Lipinski definition) is 0. The molecule has 0 fully saturated rings. The highest BCUT2D eigenvalue weighted by Crippen LogP contribution is 2.70. The van der Waals surface area contributed by atoms with Gasteiger partial charge in [-0.05, 0) is 101 Å². The Labute approximate surface area is 329 Å².